The molecule has 0 aromatic heterocycles. The maximum absolute atomic E-state index is 14.6. The van der Waals surface area contributed by atoms with Gasteiger partial charge < -0.3 is 29.6 Å². The Morgan fingerprint density at radius 1 is 0.426 bits per heavy atom. The smallest absolute Gasteiger partial charge is 0.279 e. The first-order valence-electron chi connectivity index (χ1n) is 25.8. The van der Waals surface area contributed by atoms with E-state index in [1.54, 1.807) is 0 Å². The second-order valence-corrected chi connectivity index (χ2v) is 18.3. The summed E-state index contributed by atoms with van der Waals surface area (Å²) >= 11 is 0. The molecule has 61 heavy (non-hydrogen) atoms. The van der Waals surface area contributed by atoms with E-state index in [1.807, 2.05) is 0 Å². The molecular formula is C51H90F2N2O6. The molecule has 10 heteroatoms. The second-order valence-electron chi connectivity index (χ2n) is 18.3. The molecule has 2 aliphatic heterocycles. The minimum atomic E-state index is -0.769. The molecule has 354 valence electrons. The third-order valence-electron chi connectivity index (χ3n) is 12.8. The molecule has 8 nitrogen and oxygen atoms in total. The van der Waals surface area contributed by atoms with Crippen molar-refractivity contribution in [2.24, 2.45) is 0 Å². The molecule has 1 saturated carbocycles. The summed E-state index contributed by atoms with van der Waals surface area (Å²) in [5.74, 6) is -3.02. The highest BCUT2D eigenvalue weighted by Crippen LogP contribution is 2.22. The van der Waals surface area contributed by atoms with Crippen molar-refractivity contribution in [2.45, 2.75) is 262 Å². The Labute approximate surface area is 371 Å². The van der Waals surface area contributed by atoms with Gasteiger partial charge in [0.2, 0.25) is 0 Å². The van der Waals surface area contributed by atoms with Gasteiger partial charge in [-0.15, -0.1) is 0 Å². The Morgan fingerprint density at radius 3 is 1.05 bits per heavy atom. The van der Waals surface area contributed by atoms with Crippen LogP contribution in [0.3, 0.4) is 0 Å². The summed E-state index contributed by atoms with van der Waals surface area (Å²) in [6.45, 7) is 3.35. The normalized spacial score (nSPS) is 21.2. The number of ether oxygens (including phenoxy) is 4. The summed E-state index contributed by atoms with van der Waals surface area (Å²) in [6.07, 6.45) is 44.3. The SMILES string of the molecule is O=C(N[C@H]1CCC[C@H]1NC(=O)C(F)=CCCCCCCCCCCCCCCCOC1CCCCO1)C(F)=CCCCCCCCCCCCCCCCOC1CCCCO1. The highest BCUT2D eigenvalue weighted by Gasteiger charge is 2.31. The first kappa shape index (κ1) is 53.5. The molecule has 3 aliphatic rings. The summed E-state index contributed by atoms with van der Waals surface area (Å²) in [5.41, 5.74) is 0. The Hall–Kier alpha value is -1.88. The maximum atomic E-state index is 14.6. The van der Waals surface area contributed by atoms with Crippen molar-refractivity contribution in [1.82, 2.24) is 10.6 Å². The van der Waals surface area contributed by atoms with Crippen molar-refractivity contribution < 1.29 is 37.3 Å². The lowest BCUT2D eigenvalue weighted by Crippen LogP contribution is -2.48. The molecule has 2 amide bonds. The zero-order valence-corrected chi connectivity index (χ0v) is 38.7. The molecule has 3 fully saturated rings. The molecule has 0 aromatic carbocycles. The highest BCUT2D eigenvalue weighted by molar-refractivity contribution is 5.92. The number of unbranched alkanes of at least 4 members (excludes halogenated alkanes) is 26. The van der Waals surface area contributed by atoms with Crippen molar-refractivity contribution in [3.8, 4) is 0 Å². The fraction of sp³-hybridized carbons (Fsp3) is 0.882. The van der Waals surface area contributed by atoms with Gasteiger partial charge in [-0.1, -0.05) is 141 Å². The molecule has 2 N–H and O–H groups in total. The van der Waals surface area contributed by atoms with Gasteiger partial charge in [0.1, 0.15) is 0 Å². The molecule has 0 spiro atoms. The summed E-state index contributed by atoms with van der Waals surface area (Å²) in [7, 11) is 0. The van der Waals surface area contributed by atoms with E-state index in [0.717, 1.165) is 97.1 Å². The van der Waals surface area contributed by atoms with Crippen LogP contribution in [0.25, 0.3) is 0 Å². The van der Waals surface area contributed by atoms with Crippen LogP contribution in [0.4, 0.5) is 8.78 Å². The molecule has 0 bridgehead atoms. The summed E-state index contributed by atoms with van der Waals surface area (Å²) in [6, 6.07) is -0.792. The standard InChI is InChI=1S/C51H90F2N2O6/c52-44(34-25-21-17-13-9-5-1-3-7-11-15-19-23-29-40-58-48-38-27-31-42-60-48)50(56)54-46-36-33-37-47(46)55-51(57)45(53)35-26-22-18-14-10-6-2-4-8-12-16-20-24-30-41-59-49-39-28-32-43-61-49/h34-35,46-49H,1-33,36-43H2,(H,54,56)(H,55,57)/t46-,47+,48?,49?. The number of amides is 2. The third-order valence-corrected chi connectivity index (χ3v) is 12.8. The zero-order chi connectivity index (χ0) is 43.3. The third kappa shape index (κ3) is 28.5. The lowest BCUT2D eigenvalue weighted by molar-refractivity contribution is -0.163. The zero-order valence-electron chi connectivity index (χ0n) is 38.7. The van der Waals surface area contributed by atoms with Crippen LogP contribution in [0.2, 0.25) is 0 Å². The predicted octanol–water partition coefficient (Wildman–Crippen LogP) is 13.9. The van der Waals surface area contributed by atoms with E-state index in [-0.39, 0.29) is 12.6 Å². The van der Waals surface area contributed by atoms with Crippen LogP contribution in [-0.2, 0) is 28.5 Å². The number of allylic oxidation sites excluding steroid dienone is 2. The lowest BCUT2D eigenvalue weighted by atomic mass is 10.0. The van der Waals surface area contributed by atoms with Gasteiger partial charge >= 0.3 is 0 Å². The average Bonchev–Trinajstić information content (AvgIpc) is 3.71. The molecule has 0 radical (unpaired) electrons. The van der Waals surface area contributed by atoms with Crippen LogP contribution in [0.1, 0.15) is 238 Å². The summed E-state index contributed by atoms with van der Waals surface area (Å²) in [5, 5.41) is 5.49. The Morgan fingerprint density at radius 2 is 0.738 bits per heavy atom. The number of carbonyl (C=O) groups excluding carboxylic acids is 2. The summed E-state index contributed by atoms with van der Waals surface area (Å²) in [4.78, 5) is 25.1. The van der Waals surface area contributed by atoms with E-state index in [2.05, 4.69) is 10.6 Å². The average molecular weight is 865 g/mol. The second kappa shape index (κ2) is 37.5. The number of rotatable bonds is 38. The number of carbonyl (C=O) groups is 2. The predicted molar refractivity (Wildman–Crippen MR) is 244 cm³/mol. The number of halogens is 2. The van der Waals surface area contributed by atoms with E-state index in [4.69, 9.17) is 18.9 Å². The first-order valence-corrected chi connectivity index (χ1v) is 25.8. The van der Waals surface area contributed by atoms with Gasteiger partial charge in [-0.3, -0.25) is 9.59 Å². The topological polar surface area (TPSA) is 95.1 Å². The molecule has 1 aliphatic carbocycles. The number of hydrogen-bond donors (Lipinski definition) is 2. The molecule has 2 unspecified atom stereocenters. The van der Waals surface area contributed by atoms with Gasteiger partial charge in [-0.05, 0) is 108 Å². The fourth-order valence-corrected chi connectivity index (χ4v) is 8.92. The number of hydrogen-bond acceptors (Lipinski definition) is 6. The maximum Gasteiger partial charge on any atom is 0.279 e. The van der Waals surface area contributed by atoms with Crippen molar-refractivity contribution in [1.29, 1.82) is 0 Å². The van der Waals surface area contributed by atoms with Gasteiger partial charge in [-0.2, -0.15) is 0 Å². The molecule has 3 rings (SSSR count). The van der Waals surface area contributed by atoms with Crippen LogP contribution in [0.5, 0.6) is 0 Å². The molecule has 4 atom stereocenters. The van der Waals surface area contributed by atoms with Crippen molar-refractivity contribution in [2.75, 3.05) is 26.4 Å². The Bertz CT molecular complexity index is 1060. The van der Waals surface area contributed by atoms with Crippen LogP contribution in [0, 0.1) is 0 Å². The van der Waals surface area contributed by atoms with Crippen molar-refractivity contribution in [3.05, 3.63) is 23.8 Å². The van der Waals surface area contributed by atoms with E-state index in [9.17, 15) is 18.4 Å². The summed E-state index contributed by atoms with van der Waals surface area (Å²) < 4.78 is 52.1. The molecule has 2 saturated heterocycles. The van der Waals surface area contributed by atoms with Crippen molar-refractivity contribution >= 4 is 11.8 Å². The minimum absolute atomic E-state index is 0.0415. The van der Waals surface area contributed by atoms with E-state index < -0.39 is 35.6 Å². The molecule has 2 heterocycles. The van der Waals surface area contributed by atoms with E-state index in [1.165, 1.54) is 153 Å². The fourth-order valence-electron chi connectivity index (χ4n) is 8.92. The van der Waals surface area contributed by atoms with Gasteiger partial charge in [0, 0.05) is 38.5 Å². The lowest BCUT2D eigenvalue weighted by Gasteiger charge is -2.22. The van der Waals surface area contributed by atoms with Crippen molar-refractivity contribution in [3.63, 3.8) is 0 Å². The monoisotopic (exact) mass is 865 g/mol. The molecular weight excluding hydrogens is 775 g/mol. The Balaban J connectivity index is 1.06. The van der Waals surface area contributed by atoms with Crippen LogP contribution >= 0.6 is 0 Å². The van der Waals surface area contributed by atoms with Gasteiger partial charge in [0.15, 0.2) is 24.2 Å². The van der Waals surface area contributed by atoms with Crippen LogP contribution in [0.15, 0.2) is 23.8 Å². The largest absolute Gasteiger partial charge is 0.353 e. The molecule has 0 aromatic rings. The highest BCUT2D eigenvalue weighted by atomic mass is 19.1. The minimum Gasteiger partial charge on any atom is -0.353 e. The first-order chi connectivity index (χ1) is 30.0. The van der Waals surface area contributed by atoms with Gasteiger partial charge in [0.25, 0.3) is 11.8 Å². The van der Waals surface area contributed by atoms with Crippen LogP contribution in [-0.4, -0.2) is 62.9 Å². The number of nitrogens with one attached hydrogen (secondary N) is 2. The van der Waals surface area contributed by atoms with Gasteiger partial charge in [0.05, 0.1) is 0 Å². The van der Waals surface area contributed by atoms with Gasteiger partial charge in [-0.25, -0.2) is 8.78 Å². The Kier molecular flexibility index (Phi) is 32.9. The quantitative estimate of drug-likeness (QED) is 0.0474. The van der Waals surface area contributed by atoms with E-state index in [0.29, 0.717) is 25.7 Å². The van der Waals surface area contributed by atoms with E-state index >= 15 is 0 Å². The van der Waals surface area contributed by atoms with Crippen LogP contribution < -0.4 is 10.6 Å².